The molecule has 0 saturated carbocycles. The largest absolute Gasteiger partial charge is 0.464 e. The van der Waals surface area contributed by atoms with Gasteiger partial charge in [0.15, 0.2) is 0 Å². The Hall–Kier alpha value is -2.37. The maximum absolute atomic E-state index is 10.9. The Morgan fingerprint density at radius 3 is 2.69 bits per heavy atom. The molecule has 0 bridgehead atoms. The van der Waals surface area contributed by atoms with E-state index in [9.17, 15) is 14.9 Å². The van der Waals surface area contributed by atoms with Crippen molar-refractivity contribution in [3.8, 4) is 0 Å². The molecule has 1 heterocycles. The lowest BCUT2D eigenvalue weighted by Gasteiger charge is -2.02. The molecule has 0 aliphatic rings. The maximum Gasteiger partial charge on any atom is 0.416 e. The van der Waals surface area contributed by atoms with Gasteiger partial charge in [-0.15, -0.1) is 0 Å². The number of carbonyl (C=O) groups is 1. The molecule has 0 fully saturated rings. The summed E-state index contributed by atoms with van der Waals surface area (Å²) in [5.74, 6) is 0. The van der Waals surface area contributed by atoms with E-state index in [4.69, 9.17) is 5.11 Å². The zero-order chi connectivity index (χ0) is 11.9. The zero-order valence-corrected chi connectivity index (χ0v) is 8.38. The molecule has 0 spiro atoms. The van der Waals surface area contributed by atoms with Crippen molar-refractivity contribution in [3.05, 3.63) is 40.1 Å². The summed E-state index contributed by atoms with van der Waals surface area (Å²) >= 11 is 0. The Morgan fingerprint density at radius 1 is 1.44 bits per heavy atom. The second-order valence-corrected chi connectivity index (χ2v) is 3.37. The molecule has 0 unspecified atom stereocenters. The molecule has 0 saturated heterocycles. The van der Waals surface area contributed by atoms with Crippen LogP contribution in [0.15, 0.2) is 24.4 Å². The van der Waals surface area contributed by atoms with Gasteiger partial charge in [-0.3, -0.25) is 14.7 Å². The average molecular weight is 220 g/mol. The van der Waals surface area contributed by atoms with Crippen molar-refractivity contribution < 1.29 is 14.8 Å². The van der Waals surface area contributed by atoms with Crippen molar-refractivity contribution >= 4 is 22.7 Å². The lowest BCUT2D eigenvalue weighted by Crippen LogP contribution is -2.07. The van der Waals surface area contributed by atoms with Crippen LogP contribution < -0.4 is 0 Å². The van der Waals surface area contributed by atoms with E-state index in [0.717, 1.165) is 4.57 Å². The number of hydrogen-bond donors (Lipinski definition) is 1. The molecule has 2 aromatic rings. The Bertz CT molecular complexity index is 600. The second kappa shape index (κ2) is 3.34. The van der Waals surface area contributed by atoms with Crippen molar-refractivity contribution in [2.75, 3.05) is 0 Å². The van der Waals surface area contributed by atoms with Gasteiger partial charge in [-0.05, 0) is 19.1 Å². The fourth-order valence-electron chi connectivity index (χ4n) is 1.75. The zero-order valence-electron chi connectivity index (χ0n) is 8.38. The number of rotatable bonds is 1. The van der Waals surface area contributed by atoms with E-state index < -0.39 is 11.0 Å². The SMILES string of the molecule is Cc1c([N+](=O)[O-])ccc2ccn(C(=O)O)c12. The van der Waals surface area contributed by atoms with Crippen LogP contribution in [-0.4, -0.2) is 20.7 Å². The third kappa shape index (κ3) is 1.31. The summed E-state index contributed by atoms with van der Waals surface area (Å²) < 4.78 is 0.984. The number of nitrogens with zero attached hydrogens (tertiary/aromatic N) is 2. The van der Waals surface area contributed by atoms with Gasteiger partial charge in [0.25, 0.3) is 5.69 Å². The Labute approximate surface area is 89.9 Å². The molecule has 82 valence electrons. The number of nitro groups is 1. The predicted octanol–water partition coefficient (Wildman–Crippen LogP) is 2.38. The highest BCUT2D eigenvalue weighted by Gasteiger charge is 2.17. The van der Waals surface area contributed by atoms with Gasteiger partial charge >= 0.3 is 6.09 Å². The molecule has 2 rings (SSSR count). The van der Waals surface area contributed by atoms with Crippen LogP contribution in [0.5, 0.6) is 0 Å². The summed E-state index contributed by atoms with van der Waals surface area (Å²) in [7, 11) is 0. The summed E-state index contributed by atoms with van der Waals surface area (Å²) in [6, 6.07) is 4.53. The van der Waals surface area contributed by atoms with E-state index >= 15 is 0 Å². The molecule has 1 aromatic heterocycles. The number of nitro benzene ring substituents is 1. The van der Waals surface area contributed by atoms with Crippen LogP contribution in [0.2, 0.25) is 0 Å². The molecule has 0 aliphatic carbocycles. The van der Waals surface area contributed by atoms with Crippen LogP contribution in [0.3, 0.4) is 0 Å². The summed E-state index contributed by atoms with van der Waals surface area (Å²) in [4.78, 5) is 21.1. The monoisotopic (exact) mass is 220 g/mol. The predicted molar refractivity (Wildman–Crippen MR) is 56.8 cm³/mol. The quantitative estimate of drug-likeness (QED) is 0.590. The standard InChI is InChI=1S/C10H8N2O4/c1-6-8(12(15)16)3-2-7-4-5-11(9(6)7)10(13)14/h2-5H,1H3,(H,13,14). The minimum atomic E-state index is -1.15. The minimum absolute atomic E-state index is 0.0753. The third-order valence-electron chi connectivity index (χ3n) is 2.48. The van der Waals surface area contributed by atoms with Crippen LogP contribution in [0.1, 0.15) is 5.56 Å². The normalized spacial score (nSPS) is 10.6. The fourth-order valence-corrected chi connectivity index (χ4v) is 1.75. The van der Waals surface area contributed by atoms with Crippen molar-refractivity contribution in [3.63, 3.8) is 0 Å². The van der Waals surface area contributed by atoms with E-state index in [1.807, 2.05) is 0 Å². The molecule has 1 N–H and O–H groups in total. The molecule has 6 nitrogen and oxygen atoms in total. The first-order valence-electron chi connectivity index (χ1n) is 4.50. The highest BCUT2D eigenvalue weighted by atomic mass is 16.6. The number of aromatic nitrogens is 1. The summed E-state index contributed by atoms with van der Waals surface area (Å²) in [5.41, 5.74) is 0.644. The van der Waals surface area contributed by atoms with E-state index in [1.54, 1.807) is 19.1 Å². The van der Waals surface area contributed by atoms with Crippen LogP contribution in [0.25, 0.3) is 10.9 Å². The highest BCUT2D eigenvalue weighted by molar-refractivity contribution is 5.92. The van der Waals surface area contributed by atoms with E-state index in [2.05, 4.69) is 0 Å². The average Bonchev–Trinajstić information content (AvgIpc) is 2.61. The Morgan fingerprint density at radius 2 is 2.12 bits per heavy atom. The van der Waals surface area contributed by atoms with Crippen LogP contribution in [-0.2, 0) is 0 Å². The highest BCUT2D eigenvalue weighted by Crippen LogP contribution is 2.27. The lowest BCUT2D eigenvalue weighted by atomic mass is 10.1. The molecule has 0 amide bonds. The van der Waals surface area contributed by atoms with E-state index in [-0.39, 0.29) is 5.69 Å². The first-order valence-corrected chi connectivity index (χ1v) is 4.50. The number of benzene rings is 1. The smallest absolute Gasteiger partial charge is 0.416 e. The summed E-state index contributed by atoms with van der Waals surface area (Å²) in [5, 5.41) is 20.3. The second-order valence-electron chi connectivity index (χ2n) is 3.37. The van der Waals surface area contributed by atoms with Crippen LogP contribution in [0.4, 0.5) is 10.5 Å². The van der Waals surface area contributed by atoms with Gasteiger partial charge in [0, 0.05) is 17.6 Å². The van der Waals surface area contributed by atoms with Crippen molar-refractivity contribution in [1.29, 1.82) is 0 Å². The van der Waals surface area contributed by atoms with Gasteiger partial charge in [-0.2, -0.15) is 0 Å². The maximum atomic E-state index is 10.9. The van der Waals surface area contributed by atoms with Gasteiger partial charge < -0.3 is 5.11 Å². The van der Waals surface area contributed by atoms with E-state index in [1.165, 1.54) is 12.3 Å². The summed E-state index contributed by atoms with van der Waals surface area (Å²) in [6.45, 7) is 1.54. The van der Waals surface area contributed by atoms with Gasteiger partial charge in [-0.1, -0.05) is 0 Å². The van der Waals surface area contributed by atoms with Gasteiger partial charge in [0.05, 0.1) is 16.0 Å². The number of fused-ring (bicyclic) bond motifs is 1. The topological polar surface area (TPSA) is 85.4 Å². The molecule has 0 atom stereocenters. The Kier molecular flexibility index (Phi) is 2.12. The lowest BCUT2D eigenvalue weighted by molar-refractivity contribution is -0.385. The third-order valence-corrected chi connectivity index (χ3v) is 2.48. The van der Waals surface area contributed by atoms with Crippen LogP contribution in [0, 0.1) is 17.0 Å². The molecular formula is C10H8N2O4. The Balaban J connectivity index is 2.85. The molecule has 16 heavy (non-hydrogen) atoms. The number of hydrogen-bond acceptors (Lipinski definition) is 3. The van der Waals surface area contributed by atoms with Crippen molar-refractivity contribution in [2.45, 2.75) is 6.92 Å². The van der Waals surface area contributed by atoms with Gasteiger partial charge in [0.1, 0.15) is 0 Å². The molecular weight excluding hydrogens is 212 g/mol. The van der Waals surface area contributed by atoms with Gasteiger partial charge in [-0.25, -0.2) is 4.79 Å². The molecule has 6 heteroatoms. The minimum Gasteiger partial charge on any atom is -0.464 e. The van der Waals surface area contributed by atoms with Gasteiger partial charge in [0.2, 0.25) is 0 Å². The van der Waals surface area contributed by atoms with Crippen LogP contribution >= 0.6 is 0 Å². The first-order chi connectivity index (χ1) is 7.52. The number of carboxylic acid groups (broad SMARTS) is 1. The number of aryl methyl sites for hydroxylation is 1. The van der Waals surface area contributed by atoms with E-state index in [0.29, 0.717) is 16.5 Å². The molecule has 1 aromatic carbocycles. The van der Waals surface area contributed by atoms with Crippen molar-refractivity contribution in [1.82, 2.24) is 4.57 Å². The van der Waals surface area contributed by atoms with Crippen molar-refractivity contribution in [2.24, 2.45) is 0 Å². The fraction of sp³-hybridized carbons (Fsp3) is 0.100. The molecule has 0 radical (unpaired) electrons. The molecule has 0 aliphatic heterocycles. The summed E-state index contributed by atoms with van der Waals surface area (Å²) in [6.07, 6.45) is 0.225. The first kappa shape index (κ1) is 10.2.